The summed E-state index contributed by atoms with van der Waals surface area (Å²) in [6.07, 6.45) is 3.30. The van der Waals surface area contributed by atoms with Crippen LogP contribution in [0.2, 0.25) is 0 Å². The summed E-state index contributed by atoms with van der Waals surface area (Å²) < 4.78 is 6.63. The Bertz CT molecular complexity index is 555. The van der Waals surface area contributed by atoms with Crippen molar-refractivity contribution in [2.75, 3.05) is 19.0 Å². The Kier molecular flexibility index (Phi) is 3.91. The molecule has 19 heavy (non-hydrogen) atoms. The molecule has 0 bridgehead atoms. The molecule has 100 valence electrons. The van der Waals surface area contributed by atoms with Gasteiger partial charge in [0.15, 0.2) is 5.75 Å². The molecule has 0 aliphatic rings. The van der Waals surface area contributed by atoms with Crippen molar-refractivity contribution in [2.45, 2.75) is 6.54 Å². The lowest BCUT2D eigenvalue weighted by atomic mass is 10.2. The van der Waals surface area contributed by atoms with Gasteiger partial charge in [-0.25, -0.2) is 0 Å². The third-order valence-electron chi connectivity index (χ3n) is 2.53. The lowest BCUT2D eigenvalue weighted by Gasteiger charge is -2.09. The van der Waals surface area contributed by atoms with Gasteiger partial charge < -0.3 is 10.1 Å². The molecule has 0 amide bonds. The molecule has 0 fully saturated rings. The first-order valence-corrected chi connectivity index (χ1v) is 5.61. The highest BCUT2D eigenvalue weighted by molar-refractivity contribution is 5.68. The SMILES string of the molecule is COc1cccc(NCCn2ccnn2)c1[N+](=O)[O-]. The fraction of sp³-hybridized carbons (Fsp3) is 0.273. The number of anilines is 1. The lowest BCUT2D eigenvalue weighted by Crippen LogP contribution is -2.12. The molecule has 0 radical (unpaired) electrons. The van der Waals surface area contributed by atoms with Gasteiger partial charge in [0, 0.05) is 12.7 Å². The number of ether oxygens (including phenoxy) is 1. The van der Waals surface area contributed by atoms with E-state index in [0.29, 0.717) is 18.8 Å². The summed E-state index contributed by atoms with van der Waals surface area (Å²) in [5, 5.41) is 21.5. The van der Waals surface area contributed by atoms with Gasteiger partial charge in [0.05, 0.1) is 24.8 Å². The molecule has 0 spiro atoms. The first-order chi connectivity index (χ1) is 9.22. The van der Waals surface area contributed by atoms with E-state index in [1.807, 2.05) is 0 Å². The fourth-order valence-electron chi connectivity index (χ4n) is 1.68. The van der Waals surface area contributed by atoms with Crippen molar-refractivity contribution >= 4 is 11.4 Å². The van der Waals surface area contributed by atoms with E-state index >= 15 is 0 Å². The molecular weight excluding hydrogens is 250 g/mol. The van der Waals surface area contributed by atoms with Crippen LogP contribution in [0.1, 0.15) is 0 Å². The Labute approximate surface area is 109 Å². The molecule has 0 unspecified atom stereocenters. The van der Waals surface area contributed by atoms with Crippen molar-refractivity contribution in [3.63, 3.8) is 0 Å². The van der Waals surface area contributed by atoms with Crippen molar-refractivity contribution in [3.05, 3.63) is 40.7 Å². The van der Waals surface area contributed by atoms with Crippen molar-refractivity contribution in [1.82, 2.24) is 15.0 Å². The zero-order valence-corrected chi connectivity index (χ0v) is 10.3. The van der Waals surface area contributed by atoms with E-state index in [1.165, 1.54) is 7.11 Å². The number of methoxy groups -OCH3 is 1. The van der Waals surface area contributed by atoms with Gasteiger partial charge in [-0.05, 0) is 12.1 Å². The minimum absolute atomic E-state index is 0.0661. The highest BCUT2D eigenvalue weighted by Gasteiger charge is 2.19. The molecule has 8 heteroatoms. The largest absolute Gasteiger partial charge is 0.490 e. The quantitative estimate of drug-likeness (QED) is 0.623. The number of hydrogen-bond donors (Lipinski definition) is 1. The molecular formula is C11H13N5O3. The summed E-state index contributed by atoms with van der Waals surface area (Å²) in [6, 6.07) is 4.90. The van der Waals surface area contributed by atoms with Gasteiger partial charge in [-0.15, -0.1) is 5.10 Å². The summed E-state index contributed by atoms with van der Waals surface area (Å²) >= 11 is 0. The van der Waals surface area contributed by atoms with E-state index in [0.717, 1.165) is 0 Å². The van der Waals surface area contributed by atoms with Gasteiger partial charge in [-0.1, -0.05) is 11.3 Å². The molecule has 0 atom stereocenters. The van der Waals surface area contributed by atoms with Gasteiger partial charge in [0.25, 0.3) is 0 Å². The summed E-state index contributed by atoms with van der Waals surface area (Å²) in [5.41, 5.74) is 0.355. The molecule has 0 saturated carbocycles. The van der Waals surface area contributed by atoms with Crippen molar-refractivity contribution in [3.8, 4) is 5.75 Å². The summed E-state index contributed by atoms with van der Waals surface area (Å²) in [7, 11) is 1.40. The van der Waals surface area contributed by atoms with Crippen LogP contribution in [-0.2, 0) is 6.54 Å². The molecule has 1 heterocycles. The molecule has 1 aromatic carbocycles. The molecule has 2 rings (SSSR count). The Hall–Kier alpha value is -2.64. The molecule has 8 nitrogen and oxygen atoms in total. The first kappa shape index (κ1) is 12.8. The maximum Gasteiger partial charge on any atom is 0.333 e. The number of rotatable bonds is 6. The molecule has 1 N–H and O–H groups in total. The Morgan fingerprint density at radius 1 is 1.53 bits per heavy atom. The van der Waals surface area contributed by atoms with Gasteiger partial charge in [-0.2, -0.15) is 0 Å². The number of aromatic nitrogens is 3. The Morgan fingerprint density at radius 3 is 3.00 bits per heavy atom. The van der Waals surface area contributed by atoms with E-state index in [2.05, 4.69) is 15.6 Å². The van der Waals surface area contributed by atoms with Crippen LogP contribution in [0.5, 0.6) is 5.75 Å². The number of benzene rings is 1. The fourth-order valence-corrected chi connectivity index (χ4v) is 1.68. The first-order valence-electron chi connectivity index (χ1n) is 5.61. The molecule has 0 saturated heterocycles. The standard InChI is InChI=1S/C11H13N5O3/c1-19-10-4-2-3-9(11(10)16(17)18)12-5-7-15-8-6-13-14-15/h2-4,6,8,12H,5,7H2,1H3. The molecule has 1 aromatic heterocycles. The number of nitrogens with one attached hydrogen (secondary N) is 1. The summed E-state index contributed by atoms with van der Waals surface area (Å²) in [5.74, 6) is 0.232. The van der Waals surface area contributed by atoms with Crippen molar-refractivity contribution in [1.29, 1.82) is 0 Å². The molecule has 0 aliphatic carbocycles. The van der Waals surface area contributed by atoms with Gasteiger partial charge in [0.2, 0.25) is 0 Å². The van der Waals surface area contributed by atoms with E-state index in [1.54, 1.807) is 35.3 Å². The van der Waals surface area contributed by atoms with Crippen molar-refractivity contribution < 1.29 is 9.66 Å². The van der Waals surface area contributed by atoms with Gasteiger partial charge >= 0.3 is 5.69 Å². The van der Waals surface area contributed by atoms with Crippen LogP contribution in [0.3, 0.4) is 0 Å². The molecule has 2 aromatic rings. The maximum absolute atomic E-state index is 11.1. The second-order valence-electron chi connectivity index (χ2n) is 3.71. The summed E-state index contributed by atoms with van der Waals surface area (Å²) in [6.45, 7) is 1.06. The average molecular weight is 263 g/mol. The second-order valence-corrected chi connectivity index (χ2v) is 3.71. The topological polar surface area (TPSA) is 95.1 Å². The predicted molar refractivity (Wildman–Crippen MR) is 68.2 cm³/mol. The number of nitro benzene ring substituents is 1. The van der Waals surface area contributed by atoms with E-state index < -0.39 is 4.92 Å². The minimum Gasteiger partial charge on any atom is -0.490 e. The number of hydrogen-bond acceptors (Lipinski definition) is 6. The minimum atomic E-state index is -0.462. The zero-order chi connectivity index (χ0) is 13.7. The third-order valence-corrected chi connectivity index (χ3v) is 2.53. The Morgan fingerprint density at radius 2 is 2.37 bits per heavy atom. The van der Waals surface area contributed by atoms with Crippen LogP contribution in [0.4, 0.5) is 11.4 Å². The maximum atomic E-state index is 11.1. The van der Waals surface area contributed by atoms with E-state index in [-0.39, 0.29) is 11.4 Å². The number of nitro groups is 1. The van der Waals surface area contributed by atoms with Crippen LogP contribution in [0.15, 0.2) is 30.6 Å². The zero-order valence-electron chi connectivity index (χ0n) is 10.3. The number of para-hydroxylation sites is 1. The van der Waals surface area contributed by atoms with Crippen LogP contribution >= 0.6 is 0 Å². The van der Waals surface area contributed by atoms with Crippen LogP contribution < -0.4 is 10.1 Å². The van der Waals surface area contributed by atoms with Crippen molar-refractivity contribution in [2.24, 2.45) is 0 Å². The smallest absolute Gasteiger partial charge is 0.333 e. The Balaban J connectivity index is 2.09. The average Bonchev–Trinajstić information content (AvgIpc) is 2.91. The third kappa shape index (κ3) is 2.97. The van der Waals surface area contributed by atoms with E-state index in [4.69, 9.17) is 4.74 Å². The van der Waals surface area contributed by atoms with E-state index in [9.17, 15) is 10.1 Å². The van der Waals surface area contributed by atoms with Gasteiger partial charge in [0.1, 0.15) is 5.69 Å². The highest BCUT2D eigenvalue weighted by Crippen LogP contribution is 2.34. The van der Waals surface area contributed by atoms with Crippen LogP contribution in [-0.4, -0.2) is 33.6 Å². The van der Waals surface area contributed by atoms with Crippen LogP contribution in [0, 0.1) is 10.1 Å². The summed E-state index contributed by atoms with van der Waals surface area (Å²) in [4.78, 5) is 10.6. The number of nitrogens with zero attached hydrogens (tertiary/aromatic N) is 4. The van der Waals surface area contributed by atoms with Crippen LogP contribution in [0.25, 0.3) is 0 Å². The monoisotopic (exact) mass is 263 g/mol. The predicted octanol–water partition coefficient (Wildman–Crippen LogP) is 1.31. The lowest BCUT2D eigenvalue weighted by molar-refractivity contribution is -0.384. The normalized spacial score (nSPS) is 10.2. The highest BCUT2D eigenvalue weighted by atomic mass is 16.6. The van der Waals surface area contributed by atoms with Gasteiger partial charge in [-0.3, -0.25) is 14.8 Å². The molecule has 0 aliphatic heterocycles. The second kappa shape index (κ2) is 5.80.